The Morgan fingerprint density at radius 3 is 2.00 bits per heavy atom. The van der Waals surface area contributed by atoms with Gasteiger partial charge in [0.25, 0.3) is 0 Å². The predicted molar refractivity (Wildman–Crippen MR) is 85.6 cm³/mol. The number of piperidine rings is 1. The second-order valence-electron chi connectivity index (χ2n) is 6.40. The van der Waals surface area contributed by atoms with E-state index in [1.165, 1.54) is 58.4 Å². The number of likely N-dealkylation sites (tertiary alicyclic amines) is 2. The van der Waals surface area contributed by atoms with E-state index in [0.717, 1.165) is 17.9 Å². The van der Waals surface area contributed by atoms with Crippen LogP contribution in [-0.4, -0.2) is 48.6 Å². The molecule has 2 heteroatoms. The SMILES string of the molecule is CC.CCC1CCN(CC2CCN(C(C)C)C2)CC1. The van der Waals surface area contributed by atoms with Gasteiger partial charge in [-0.15, -0.1) is 0 Å². The summed E-state index contributed by atoms with van der Waals surface area (Å²) in [5, 5.41) is 0. The van der Waals surface area contributed by atoms with Gasteiger partial charge in [0.1, 0.15) is 0 Å². The molecule has 2 heterocycles. The van der Waals surface area contributed by atoms with Crippen LogP contribution in [0.4, 0.5) is 0 Å². The maximum atomic E-state index is 2.72. The summed E-state index contributed by atoms with van der Waals surface area (Å²) >= 11 is 0. The second kappa shape index (κ2) is 8.97. The Bertz CT molecular complexity index is 219. The molecule has 2 saturated heterocycles. The van der Waals surface area contributed by atoms with E-state index < -0.39 is 0 Å². The molecule has 114 valence electrons. The lowest BCUT2D eigenvalue weighted by molar-refractivity contribution is 0.156. The lowest BCUT2D eigenvalue weighted by atomic mass is 9.94. The zero-order valence-corrected chi connectivity index (χ0v) is 14.0. The van der Waals surface area contributed by atoms with Crippen molar-refractivity contribution in [3.05, 3.63) is 0 Å². The van der Waals surface area contributed by atoms with E-state index in [9.17, 15) is 0 Å². The van der Waals surface area contributed by atoms with Gasteiger partial charge in [-0.25, -0.2) is 0 Å². The van der Waals surface area contributed by atoms with E-state index in [-0.39, 0.29) is 0 Å². The molecule has 0 radical (unpaired) electrons. The third-order valence-corrected chi connectivity index (χ3v) is 4.85. The summed E-state index contributed by atoms with van der Waals surface area (Å²) in [6.07, 6.45) is 5.69. The highest BCUT2D eigenvalue weighted by Crippen LogP contribution is 2.24. The highest BCUT2D eigenvalue weighted by atomic mass is 15.2. The third kappa shape index (κ3) is 5.43. The Morgan fingerprint density at radius 2 is 1.53 bits per heavy atom. The topological polar surface area (TPSA) is 6.48 Å². The van der Waals surface area contributed by atoms with Gasteiger partial charge in [0.05, 0.1) is 0 Å². The second-order valence-corrected chi connectivity index (χ2v) is 6.40. The Kier molecular flexibility index (Phi) is 8.01. The van der Waals surface area contributed by atoms with Crippen molar-refractivity contribution >= 4 is 0 Å². The van der Waals surface area contributed by atoms with Crippen LogP contribution in [0.2, 0.25) is 0 Å². The first kappa shape index (κ1) is 17.0. The molecule has 0 aliphatic carbocycles. The minimum Gasteiger partial charge on any atom is -0.303 e. The number of hydrogen-bond donors (Lipinski definition) is 0. The fraction of sp³-hybridized carbons (Fsp3) is 1.00. The Morgan fingerprint density at radius 1 is 0.947 bits per heavy atom. The Balaban J connectivity index is 0.000000861. The molecule has 1 atom stereocenters. The molecule has 2 aliphatic heterocycles. The first-order valence-electron chi connectivity index (χ1n) is 8.65. The van der Waals surface area contributed by atoms with Gasteiger partial charge in [-0.3, -0.25) is 0 Å². The minimum absolute atomic E-state index is 0.742. The van der Waals surface area contributed by atoms with E-state index in [4.69, 9.17) is 0 Å². The van der Waals surface area contributed by atoms with Crippen LogP contribution < -0.4 is 0 Å². The van der Waals surface area contributed by atoms with Crippen LogP contribution >= 0.6 is 0 Å². The summed E-state index contributed by atoms with van der Waals surface area (Å²) < 4.78 is 0. The molecule has 2 fully saturated rings. The Labute approximate surface area is 121 Å². The molecule has 19 heavy (non-hydrogen) atoms. The Hall–Kier alpha value is -0.0800. The molecular weight excluding hydrogens is 232 g/mol. The zero-order valence-electron chi connectivity index (χ0n) is 14.0. The summed E-state index contributed by atoms with van der Waals surface area (Å²) in [6.45, 7) is 17.7. The normalized spacial score (nSPS) is 26.5. The van der Waals surface area contributed by atoms with Gasteiger partial charge in [-0.2, -0.15) is 0 Å². The van der Waals surface area contributed by atoms with Gasteiger partial charge in [-0.05, 0) is 64.6 Å². The lowest BCUT2D eigenvalue weighted by Crippen LogP contribution is -2.38. The quantitative estimate of drug-likeness (QED) is 0.764. The van der Waals surface area contributed by atoms with Crippen LogP contribution in [0.1, 0.15) is 60.3 Å². The summed E-state index contributed by atoms with van der Waals surface area (Å²) in [5.74, 6) is 1.96. The van der Waals surface area contributed by atoms with Gasteiger partial charge in [0.2, 0.25) is 0 Å². The first-order valence-corrected chi connectivity index (χ1v) is 8.65. The first-order chi connectivity index (χ1) is 9.19. The van der Waals surface area contributed by atoms with Gasteiger partial charge in [-0.1, -0.05) is 27.2 Å². The molecular formula is C17H36N2. The molecule has 0 aromatic heterocycles. The van der Waals surface area contributed by atoms with Crippen LogP contribution in [0.15, 0.2) is 0 Å². The zero-order chi connectivity index (χ0) is 14.3. The van der Waals surface area contributed by atoms with Crippen LogP contribution in [0, 0.1) is 11.8 Å². The number of nitrogens with zero attached hydrogens (tertiary/aromatic N) is 2. The van der Waals surface area contributed by atoms with Crippen molar-refractivity contribution < 1.29 is 0 Å². The van der Waals surface area contributed by atoms with Crippen molar-refractivity contribution in [3.8, 4) is 0 Å². The van der Waals surface area contributed by atoms with Gasteiger partial charge in [0.15, 0.2) is 0 Å². The predicted octanol–water partition coefficient (Wildman–Crippen LogP) is 3.86. The maximum absolute atomic E-state index is 2.72. The molecule has 2 aliphatic rings. The minimum atomic E-state index is 0.742. The van der Waals surface area contributed by atoms with Crippen LogP contribution in [0.5, 0.6) is 0 Å². The summed E-state index contributed by atoms with van der Waals surface area (Å²) in [7, 11) is 0. The van der Waals surface area contributed by atoms with E-state index in [1.807, 2.05) is 13.8 Å². The molecule has 0 aromatic rings. The van der Waals surface area contributed by atoms with E-state index in [0.29, 0.717) is 0 Å². The van der Waals surface area contributed by atoms with E-state index in [2.05, 4.69) is 30.6 Å². The summed E-state index contributed by atoms with van der Waals surface area (Å²) in [4.78, 5) is 5.37. The van der Waals surface area contributed by atoms with Gasteiger partial charge in [0, 0.05) is 19.1 Å². The fourth-order valence-corrected chi connectivity index (χ4v) is 3.42. The standard InChI is InChI=1S/C15H30N2.C2H6/c1-4-14-5-8-16(9-6-14)11-15-7-10-17(12-15)13(2)3;1-2/h13-15H,4-12H2,1-3H3;1-2H3. The van der Waals surface area contributed by atoms with Gasteiger partial charge >= 0.3 is 0 Å². The molecule has 1 unspecified atom stereocenters. The van der Waals surface area contributed by atoms with Crippen molar-refractivity contribution in [2.45, 2.75) is 66.3 Å². The van der Waals surface area contributed by atoms with E-state index >= 15 is 0 Å². The maximum Gasteiger partial charge on any atom is 0.00387 e. The van der Waals surface area contributed by atoms with Crippen molar-refractivity contribution in [2.24, 2.45) is 11.8 Å². The van der Waals surface area contributed by atoms with Crippen molar-refractivity contribution in [3.63, 3.8) is 0 Å². The van der Waals surface area contributed by atoms with Crippen molar-refractivity contribution in [1.82, 2.24) is 9.80 Å². The number of hydrogen-bond acceptors (Lipinski definition) is 2. The summed E-state index contributed by atoms with van der Waals surface area (Å²) in [6, 6.07) is 0.742. The molecule has 0 aromatic carbocycles. The molecule has 0 spiro atoms. The third-order valence-electron chi connectivity index (χ3n) is 4.85. The van der Waals surface area contributed by atoms with Crippen LogP contribution in [-0.2, 0) is 0 Å². The summed E-state index contributed by atoms with van der Waals surface area (Å²) in [5.41, 5.74) is 0. The van der Waals surface area contributed by atoms with E-state index in [1.54, 1.807) is 0 Å². The smallest absolute Gasteiger partial charge is 0.00387 e. The molecule has 0 saturated carbocycles. The molecule has 0 bridgehead atoms. The monoisotopic (exact) mass is 268 g/mol. The average Bonchev–Trinajstić information content (AvgIpc) is 2.91. The fourth-order valence-electron chi connectivity index (χ4n) is 3.42. The van der Waals surface area contributed by atoms with Crippen LogP contribution in [0.3, 0.4) is 0 Å². The molecule has 2 nitrogen and oxygen atoms in total. The largest absolute Gasteiger partial charge is 0.303 e. The number of rotatable bonds is 4. The van der Waals surface area contributed by atoms with Gasteiger partial charge < -0.3 is 9.80 Å². The van der Waals surface area contributed by atoms with Crippen molar-refractivity contribution in [1.29, 1.82) is 0 Å². The lowest BCUT2D eigenvalue weighted by Gasteiger charge is -2.33. The molecule has 0 N–H and O–H groups in total. The molecule has 0 amide bonds. The highest BCUT2D eigenvalue weighted by molar-refractivity contribution is 4.81. The van der Waals surface area contributed by atoms with Crippen molar-refractivity contribution in [2.75, 3.05) is 32.7 Å². The van der Waals surface area contributed by atoms with Crippen LogP contribution in [0.25, 0.3) is 0 Å². The average molecular weight is 268 g/mol. The highest BCUT2D eigenvalue weighted by Gasteiger charge is 2.27. The molecule has 2 rings (SSSR count).